The summed E-state index contributed by atoms with van der Waals surface area (Å²) in [6.45, 7) is 0. The standard InChI is InChI=1S/C16H12O4.Ca.2H/c17-14-8-4-5-12(11-14)9-10-15(18)20-16(19)13-6-2-1-3-7-13;;;/h1-11,17H;;;/b10-9+;;;. The van der Waals surface area contributed by atoms with Crippen LogP contribution in [0.5, 0.6) is 5.75 Å². The molecule has 21 heavy (non-hydrogen) atoms. The van der Waals surface area contributed by atoms with Crippen LogP contribution in [0.3, 0.4) is 0 Å². The minimum absolute atomic E-state index is 0. The van der Waals surface area contributed by atoms with Crippen LogP contribution in [0.1, 0.15) is 15.9 Å². The maximum atomic E-state index is 11.6. The van der Waals surface area contributed by atoms with E-state index in [2.05, 4.69) is 4.74 Å². The molecule has 0 heterocycles. The Hall–Kier alpha value is -1.62. The van der Waals surface area contributed by atoms with Gasteiger partial charge in [-0.15, -0.1) is 0 Å². The molecule has 0 unspecified atom stereocenters. The quantitative estimate of drug-likeness (QED) is 0.407. The van der Waals surface area contributed by atoms with Crippen molar-refractivity contribution in [2.24, 2.45) is 0 Å². The summed E-state index contributed by atoms with van der Waals surface area (Å²) in [7, 11) is 0. The van der Waals surface area contributed by atoms with Crippen LogP contribution in [-0.4, -0.2) is 54.8 Å². The van der Waals surface area contributed by atoms with Gasteiger partial charge in [-0.05, 0) is 35.9 Å². The molecule has 0 spiro atoms. The number of carbonyl (C=O) groups is 2. The molecule has 0 radical (unpaired) electrons. The third-order valence-corrected chi connectivity index (χ3v) is 2.48. The SMILES string of the molecule is O=C(/C=C/c1cccc(O)c1)OC(=O)c1ccccc1.[CaH2]. The summed E-state index contributed by atoms with van der Waals surface area (Å²) >= 11 is 0. The Kier molecular flexibility index (Phi) is 7.15. The van der Waals surface area contributed by atoms with Crippen molar-refractivity contribution in [2.45, 2.75) is 0 Å². The summed E-state index contributed by atoms with van der Waals surface area (Å²) in [5.74, 6) is -1.36. The van der Waals surface area contributed by atoms with Crippen LogP contribution in [0.15, 0.2) is 60.7 Å². The molecule has 2 aromatic carbocycles. The minimum atomic E-state index is -0.762. The van der Waals surface area contributed by atoms with Gasteiger partial charge >= 0.3 is 49.7 Å². The summed E-state index contributed by atoms with van der Waals surface area (Å²) in [5.41, 5.74) is 0.945. The van der Waals surface area contributed by atoms with Gasteiger partial charge in [-0.2, -0.15) is 0 Å². The molecule has 0 aliphatic rings. The van der Waals surface area contributed by atoms with E-state index in [1.165, 1.54) is 18.2 Å². The van der Waals surface area contributed by atoms with Crippen LogP contribution in [0.2, 0.25) is 0 Å². The van der Waals surface area contributed by atoms with Crippen molar-refractivity contribution >= 4 is 55.8 Å². The van der Waals surface area contributed by atoms with E-state index in [0.29, 0.717) is 11.1 Å². The van der Waals surface area contributed by atoms with E-state index in [1.54, 1.807) is 42.5 Å². The van der Waals surface area contributed by atoms with Crippen LogP contribution in [0, 0.1) is 0 Å². The normalized spacial score (nSPS) is 9.90. The Morgan fingerprint density at radius 3 is 2.38 bits per heavy atom. The zero-order valence-corrected chi connectivity index (χ0v) is 10.5. The molecule has 0 atom stereocenters. The summed E-state index contributed by atoms with van der Waals surface area (Å²) in [5, 5.41) is 9.27. The van der Waals surface area contributed by atoms with Crippen LogP contribution in [0.4, 0.5) is 0 Å². The maximum absolute atomic E-state index is 11.6. The number of esters is 2. The third kappa shape index (κ3) is 5.71. The van der Waals surface area contributed by atoms with Gasteiger partial charge in [-0.25, -0.2) is 9.59 Å². The summed E-state index contributed by atoms with van der Waals surface area (Å²) < 4.78 is 4.66. The molecule has 0 aliphatic carbocycles. The zero-order chi connectivity index (χ0) is 14.4. The van der Waals surface area contributed by atoms with E-state index in [4.69, 9.17) is 0 Å². The first-order valence-corrected chi connectivity index (χ1v) is 5.93. The number of phenols is 1. The van der Waals surface area contributed by atoms with Gasteiger partial charge in [-0.1, -0.05) is 30.3 Å². The fourth-order valence-corrected chi connectivity index (χ4v) is 1.55. The van der Waals surface area contributed by atoms with E-state index in [-0.39, 0.29) is 43.5 Å². The first-order valence-electron chi connectivity index (χ1n) is 5.93. The van der Waals surface area contributed by atoms with Crippen molar-refractivity contribution < 1.29 is 19.4 Å². The number of phenolic OH excluding ortho intramolecular Hbond substituents is 1. The van der Waals surface area contributed by atoms with Crippen molar-refractivity contribution in [3.05, 3.63) is 71.8 Å². The Morgan fingerprint density at radius 2 is 1.71 bits per heavy atom. The van der Waals surface area contributed by atoms with Gasteiger partial charge in [-0.3, -0.25) is 0 Å². The van der Waals surface area contributed by atoms with Crippen LogP contribution in [0.25, 0.3) is 6.08 Å². The predicted molar refractivity (Wildman–Crippen MR) is 82.5 cm³/mol. The summed E-state index contributed by atoms with van der Waals surface area (Å²) in [6, 6.07) is 14.6. The topological polar surface area (TPSA) is 63.6 Å². The molecule has 2 aromatic rings. The second-order valence-electron chi connectivity index (χ2n) is 4.00. The van der Waals surface area contributed by atoms with Crippen LogP contribution >= 0.6 is 0 Å². The van der Waals surface area contributed by atoms with Gasteiger partial charge in [0.25, 0.3) is 0 Å². The number of rotatable bonds is 3. The van der Waals surface area contributed by atoms with Crippen molar-refractivity contribution in [3.63, 3.8) is 0 Å². The van der Waals surface area contributed by atoms with Crippen molar-refractivity contribution in [2.75, 3.05) is 0 Å². The number of carbonyl (C=O) groups excluding carboxylic acids is 2. The van der Waals surface area contributed by atoms with E-state index < -0.39 is 11.9 Å². The van der Waals surface area contributed by atoms with E-state index in [9.17, 15) is 14.7 Å². The first kappa shape index (κ1) is 17.4. The zero-order valence-electron chi connectivity index (χ0n) is 10.5. The Morgan fingerprint density at radius 1 is 1.00 bits per heavy atom. The van der Waals surface area contributed by atoms with Gasteiger partial charge in [0.1, 0.15) is 5.75 Å². The molecule has 0 aliphatic heterocycles. The molecule has 5 heteroatoms. The van der Waals surface area contributed by atoms with Gasteiger partial charge in [0.05, 0.1) is 5.56 Å². The Balaban J connectivity index is 0.00000220. The number of hydrogen-bond donors (Lipinski definition) is 1. The molecule has 0 fully saturated rings. The number of benzene rings is 2. The van der Waals surface area contributed by atoms with E-state index >= 15 is 0 Å². The van der Waals surface area contributed by atoms with Gasteiger partial charge in [0, 0.05) is 6.08 Å². The Bertz CT molecular complexity index is 650. The average molecular weight is 310 g/mol. The molecule has 0 aromatic heterocycles. The predicted octanol–water partition coefficient (Wildman–Crippen LogP) is 1.87. The molecule has 0 saturated heterocycles. The molecule has 0 amide bonds. The first-order chi connectivity index (χ1) is 9.65. The molecule has 104 valence electrons. The summed E-state index contributed by atoms with van der Waals surface area (Å²) in [6.07, 6.45) is 2.59. The van der Waals surface area contributed by atoms with Crippen LogP contribution in [-0.2, 0) is 9.53 Å². The molecular weight excluding hydrogens is 296 g/mol. The van der Waals surface area contributed by atoms with Gasteiger partial charge < -0.3 is 9.84 Å². The monoisotopic (exact) mass is 310 g/mol. The van der Waals surface area contributed by atoms with Gasteiger partial charge in [0.15, 0.2) is 0 Å². The molecule has 4 nitrogen and oxygen atoms in total. The molecule has 2 rings (SSSR count). The van der Waals surface area contributed by atoms with Crippen LogP contribution < -0.4 is 0 Å². The third-order valence-electron chi connectivity index (χ3n) is 2.48. The van der Waals surface area contributed by atoms with Crippen molar-refractivity contribution in [1.29, 1.82) is 0 Å². The van der Waals surface area contributed by atoms with Gasteiger partial charge in [0.2, 0.25) is 0 Å². The number of hydrogen-bond acceptors (Lipinski definition) is 4. The van der Waals surface area contributed by atoms with E-state index in [1.807, 2.05) is 0 Å². The summed E-state index contributed by atoms with van der Waals surface area (Å²) in [4.78, 5) is 23.1. The Labute approximate surface area is 152 Å². The van der Waals surface area contributed by atoms with Crippen molar-refractivity contribution in [3.8, 4) is 5.75 Å². The fourth-order valence-electron chi connectivity index (χ4n) is 1.55. The molecular formula is C16H14CaO4. The molecule has 1 N–H and O–H groups in total. The second kappa shape index (κ2) is 8.62. The average Bonchev–Trinajstić information content (AvgIpc) is 2.46. The van der Waals surface area contributed by atoms with Crippen molar-refractivity contribution in [1.82, 2.24) is 0 Å². The number of aromatic hydroxyl groups is 1. The van der Waals surface area contributed by atoms with E-state index in [0.717, 1.165) is 6.08 Å². The number of ether oxygens (including phenoxy) is 1. The molecule has 0 saturated carbocycles. The second-order valence-corrected chi connectivity index (χ2v) is 4.00. The molecule has 0 bridgehead atoms. The fraction of sp³-hybridized carbons (Fsp3) is 0.